The first-order valence-corrected chi connectivity index (χ1v) is 3.85. The molecule has 0 aromatic rings. The average Bonchev–Trinajstić information content (AvgIpc) is 1.94. The molecular formula is C7H12F2N2O. The third-order valence-electron chi connectivity index (χ3n) is 1.97. The Kier molecular flexibility index (Phi) is 2.97. The Morgan fingerprint density at radius 2 is 2.25 bits per heavy atom. The molecule has 0 atom stereocenters. The second-order valence-corrected chi connectivity index (χ2v) is 2.92. The predicted octanol–water partition coefficient (Wildman–Crippen LogP) is -0.0707. The van der Waals surface area contributed by atoms with Gasteiger partial charge in [-0.05, 0) is 0 Å². The highest BCUT2D eigenvalue weighted by atomic mass is 19.3. The molecule has 1 aliphatic rings. The lowest BCUT2D eigenvalue weighted by Gasteiger charge is -2.37. The second-order valence-electron chi connectivity index (χ2n) is 2.92. The molecule has 1 amide bonds. The maximum Gasteiger partial charge on any atom is 0.251 e. The van der Waals surface area contributed by atoms with Crippen LogP contribution >= 0.6 is 0 Å². The van der Waals surface area contributed by atoms with E-state index in [-0.39, 0.29) is 18.4 Å². The van der Waals surface area contributed by atoms with Crippen molar-refractivity contribution < 1.29 is 13.6 Å². The molecule has 0 unspecified atom stereocenters. The third-order valence-corrected chi connectivity index (χ3v) is 1.97. The summed E-state index contributed by atoms with van der Waals surface area (Å²) in [4.78, 5) is 12.5. The lowest BCUT2D eigenvalue weighted by Crippen LogP contribution is -2.54. The summed E-state index contributed by atoms with van der Waals surface area (Å²) in [6.45, 7) is 0.710. The van der Waals surface area contributed by atoms with Gasteiger partial charge in [0.05, 0.1) is 12.5 Å². The zero-order valence-corrected chi connectivity index (χ0v) is 6.89. The van der Waals surface area contributed by atoms with Crippen LogP contribution in [0.15, 0.2) is 0 Å². The first kappa shape index (κ1) is 9.38. The van der Waals surface area contributed by atoms with E-state index in [4.69, 9.17) is 0 Å². The Labute approximate surface area is 69.7 Å². The molecule has 5 heteroatoms. The van der Waals surface area contributed by atoms with Gasteiger partial charge in [-0.1, -0.05) is 0 Å². The average molecular weight is 178 g/mol. The Morgan fingerprint density at radius 1 is 1.67 bits per heavy atom. The van der Waals surface area contributed by atoms with Crippen molar-refractivity contribution in [2.75, 3.05) is 26.7 Å². The van der Waals surface area contributed by atoms with Crippen molar-refractivity contribution in [1.82, 2.24) is 10.2 Å². The highest BCUT2D eigenvalue weighted by molar-refractivity contribution is 5.79. The molecule has 0 aliphatic carbocycles. The number of nitrogens with one attached hydrogen (secondary N) is 1. The standard InChI is InChI=1S/C7H12F2N2O/c1-10-7(12)5-2-11(3-5)4-6(8)9/h5-6H,2-4H2,1H3,(H,10,12). The number of carbonyl (C=O) groups is 1. The van der Waals surface area contributed by atoms with E-state index in [1.165, 1.54) is 0 Å². The predicted molar refractivity (Wildman–Crippen MR) is 40.0 cm³/mol. The third kappa shape index (κ3) is 2.14. The number of likely N-dealkylation sites (tertiary alicyclic amines) is 1. The minimum atomic E-state index is -2.30. The Hall–Kier alpha value is -0.710. The molecule has 0 spiro atoms. The maximum absolute atomic E-state index is 11.8. The van der Waals surface area contributed by atoms with Gasteiger partial charge in [0.2, 0.25) is 5.91 Å². The molecule has 1 aliphatic heterocycles. The summed E-state index contributed by atoms with van der Waals surface area (Å²) < 4.78 is 23.5. The van der Waals surface area contributed by atoms with Crippen molar-refractivity contribution in [3.05, 3.63) is 0 Å². The SMILES string of the molecule is CNC(=O)C1CN(CC(F)F)C1. The summed E-state index contributed by atoms with van der Waals surface area (Å²) in [6, 6.07) is 0. The molecule has 12 heavy (non-hydrogen) atoms. The van der Waals surface area contributed by atoms with Crippen molar-refractivity contribution >= 4 is 5.91 Å². The zero-order valence-electron chi connectivity index (χ0n) is 6.89. The monoisotopic (exact) mass is 178 g/mol. The fraction of sp³-hybridized carbons (Fsp3) is 0.857. The Bertz CT molecular complexity index is 169. The molecule has 1 rings (SSSR count). The summed E-state index contributed by atoms with van der Waals surface area (Å²) in [6.07, 6.45) is -2.30. The molecule has 1 N–H and O–H groups in total. The molecule has 1 heterocycles. The number of nitrogens with zero attached hydrogens (tertiary/aromatic N) is 1. The van der Waals surface area contributed by atoms with Crippen LogP contribution in [0.2, 0.25) is 0 Å². The first-order valence-electron chi connectivity index (χ1n) is 3.85. The smallest absolute Gasteiger partial charge is 0.251 e. The van der Waals surface area contributed by atoms with Crippen LogP contribution in [0.25, 0.3) is 0 Å². The summed E-state index contributed by atoms with van der Waals surface area (Å²) >= 11 is 0. The molecule has 70 valence electrons. The number of hydrogen-bond acceptors (Lipinski definition) is 2. The fourth-order valence-corrected chi connectivity index (χ4v) is 1.28. The van der Waals surface area contributed by atoms with E-state index < -0.39 is 6.43 Å². The topological polar surface area (TPSA) is 32.3 Å². The van der Waals surface area contributed by atoms with Gasteiger partial charge in [0.1, 0.15) is 0 Å². The zero-order chi connectivity index (χ0) is 9.14. The van der Waals surface area contributed by atoms with Gasteiger partial charge in [0, 0.05) is 20.1 Å². The number of carbonyl (C=O) groups excluding carboxylic acids is 1. The van der Waals surface area contributed by atoms with Crippen LogP contribution < -0.4 is 5.32 Å². The van der Waals surface area contributed by atoms with Gasteiger partial charge < -0.3 is 5.32 Å². The van der Waals surface area contributed by atoms with E-state index in [0.717, 1.165) is 0 Å². The van der Waals surface area contributed by atoms with Crippen molar-refractivity contribution in [2.45, 2.75) is 6.43 Å². The van der Waals surface area contributed by atoms with E-state index in [1.807, 2.05) is 0 Å². The number of rotatable bonds is 3. The summed E-state index contributed by atoms with van der Waals surface area (Å²) in [5.74, 6) is -0.144. The lowest BCUT2D eigenvalue weighted by molar-refractivity contribution is -0.130. The van der Waals surface area contributed by atoms with Crippen LogP contribution in [0.1, 0.15) is 0 Å². The van der Waals surface area contributed by atoms with Crippen molar-refractivity contribution in [3.8, 4) is 0 Å². The normalized spacial score (nSPS) is 19.3. The highest BCUT2D eigenvalue weighted by Crippen LogP contribution is 2.16. The van der Waals surface area contributed by atoms with E-state index in [1.54, 1.807) is 11.9 Å². The number of amides is 1. The van der Waals surface area contributed by atoms with E-state index in [0.29, 0.717) is 13.1 Å². The molecule has 0 saturated carbocycles. The van der Waals surface area contributed by atoms with Crippen LogP contribution in [0, 0.1) is 5.92 Å². The van der Waals surface area contributed by atoms with Gasteiger partial charge >= 0.3 is 0 Å². The molecule has 1 fully saturated rings. The van der Waals surface area contributed by atoms with Crippen LogP contribution in [0.5, 0.6) is 0 Å². The van der Waals surface area contributed by atoms with Gasteiger partial charge in [-0.2, -0.15) is 0 Å². The lowest BCUT2D eigenvalue weighted by atomic mass is 9.99. The minimum Gasteiger partial charge on any atom is -0.359 e. The Balaban J connectivity index is 2.15. The quantitative estimate of drug-likeness (QED) is 0.656. The summed E-state index contributed by atoms with van der Waals surface area (Å²) in [7, 11) is 1.55. The van der Waals surface area contributed by atoms with Gasteiger partial charge in [-0.3, -0.25) is 9.69 Å². The number of hydrogen-bond donors (Lipinski definition) is 1. The van der Waals surface area contributed by atoms with Crippen molar-refractivity contribution in [3.63, 3.8) is 0 Å². The van der Waals surface area contributed by atoms with Crippen LogP contribution in [-0.2, 0) is 4.79 Å². The molecule has 1 saturated heterocycles. The van der Waals surface area contributed by atoms with Gasteiger partial charge in [-0.15, -0.1) is 0 Å². The van der Waals surface area contributed by atoms with E-state index in [2.05, 4.69) is 5.32 Å². The largest absolute Gasteiger partial charge is 0.359 e. The summed E-state index contributed by atoms with van der Waals surface area (Å²) in [5, 5.41) is 2.49. The molecule has 0 bridgehead atoms. The molecular weight excluding hydrogens is 166 g/mol. The number of alkyl halides is 2. The highest BCUT2D eigenvalue weighted by Gasteiger charge is 2.32. The molecule has 0 aromatic heterocycles. The Morgan fingerprint density at radius 3 is 2.67 bits per heavy atom. The van der Waals surface area contributed by atoms with Gasteiger partial charge in [0.25, 0.3) is 6.43 Å². The van der Waals surface area contributed by atoms with Crippen molar-refractivity contribution in [1.29, 1.82) is 0 Å². The maximum atomic E-state index is 11.8. The van der Waals surface area contributed by atoms with Gasteiger partial charge in [-0.25, -0.2) is 8.78 Å². The molecule has 3 nitrogen and oxygen atoms in total. The second kappa shape index (κ2) is 3.80. The molecule has 0 aromatic carbocycles. The van der Waals surface area contributed by atoms with E-state index >= 15 is 0 Å². The summed E-state index contributed by atoms with van der Waals surface area (Å²) in [5.41, 5.74) is 0. The van der Waals surface area contributed by atoms with Crippen molar-refractivity contribution in [2.24, 2.45) is 5.92 Å². The van der Waals surface area contributed by atoms with Crippen LogP contribution in [0.4, 0.5) is 8.78 Å². The number of halogens is 2. The first-order chi connectivity index (χ1) is 5.63. The van der Waals surface area contributed by atoms with Crippen LogP contribution in [0.3, 0.4) is 0 Å². The minimum absolute atomic E-state index is 0.0551. The van der Waals surface area contributed by atoms with Gasteiger partial charge in [0.15, 0.2) is 0 Å². The molecule has 0 radical (unpaired) electrons. The van der Waals surface area contributed by atoms with Crippen LogP contribution in [-0.4, -0.2) is 43.9 Å². The van der Waals surface area contributed by atoms with E-state index in [9.17, 15) is 13.6 Å². The fourth-order valence-electron chi connectivity index (χ4n) is 1.28.